The lowest BCUT2D eigenvalue weighted by molar-refractivity contribution is 0.178. The Hall–Kier alpha value is -0.0800. The molecule has 0 aromatic heterocycles. The van der Waals surface area contributed by atoms with Crippen molar-refractivity contribution in [2.24, 2.45) is 5.41 Å². The van der Waals surface area contributed by atoms with E-state index in [1.54, 1.807) is 0 Å². The van der Waals surface area contributed by atoms with Crippen LogP contribution in [0.1, 0.15) is 54.4 Å². The van der Waals surface area contributed by atoms with Gasteiger partial charge in [0.2, 0.25) is 0 Å². The van der Waals surface area contributed by atoms with E-state index in [9.17, 15) is 0 Å². The highest BCUT2D eigenvalue weighted by atomic mass is 15.1. The third-order valence-electron chi connectivity index (χ3n) is 4.05. The van der Waals surface area contributed by atoms with Crippen molar-refractivity contribution < 1.29 is 0 Å². The normalized spacial score (nSPS) is 13.4. The van der Waals surface area contributed by atoms with Gasteiger partial charge in [-0.1, -0.05) is 13.8 Å². The molecule has 0 aromatic rings. The quantitative estimate of drug-likeness (QED) is 0.643. The summed E-state index contributed by atoms with van der Waals surface area (Å²) >= 11 is 0. The zero-order valence-corrected chi connectivity index (χ0v) is 13.4. The molecule has 0 saturated carbocycles. The molecule has 2 nitrogen and oxygen atoms in total. The van der Waals surface area contributed by atoms with Gasteiger partial charge in [0.1, 0.15) is 0 Å². The predicted molar refractivity (Wildman–Crippen MR) is 78.5 cm³/mol. The highest BCUT2D eigenvalue weighted by Crippen LogP contribution is 2.25. The van der Waals surface area contributed by atoms with Crippen LogP contribution in [0.5, 0.6) is 0 Å². The molecule has 17 heavy (non-hydrogen) atoms. The maximum atomic E-state index is 2.44. The van der Waals surface area contributed by atoms with Gasteiger partial charge in [-0.3, -0.25) is 0 Å². The molecule has 0 atom stereocenters. The fraction of sp³-hybridized carbons (Fsp3) is 1.00. The number of hydrogen-bond acceptors (Lipinski definition) is 2. The summed E-state index contributed by atoms with van der Waals surface area (Å²) in [6.45, 7) is 16.3. The van der Waals surface area contributed by atoms with E-state index in [1.807, 2.05) is 0 Å². The number of rotatable bonds is 8. The molecule has 2 heteroatoms. The fourth-order valence-electron chi connectivity index (χ4n) is 1.60. The van der Waals surface area contributed by atoms with Crippen molar-refractivity contribution in [3.8, 4) is 0 Å². The third-order valence-corrected chi connectivity index (χ3v) is 4.05. The second-order valence-electron chi connectivity index (χ2n) is 6.81. The molecule has 0 rings (SSSR count). The van der Waals surface area contributed by atoms with Crippen LogP contribution in [0.15, 0.2) is 0 Å². The van der Waals surface area contributed by atoms with Crippen LogP contribution in [-0.2, 0) is 0 Å². The standard InChI is InChI=1S/C15H34N2/c1-13(2)16(7)11-9-15(5,6)10-12-17(8)14(3)4/h13-14H,9-12H2,1-8H3. The molecule has 0 saturated heterocycles. The van der Waals surface area contributed by atoms with E-state index < -0.39 is 0 Å². The fourth-order valence-corrected chi connectivity index (χ4v) is 1.60. The maximum absolute atomic E-state index is 2.44. The van der Waals surface area contributed by atoms with Crippen molar-refractivity contribution in [1.29, 1.82) is 0 Å². The van der Waals surface area contributed by atoms with Gasteiger partial charge in [-0.25, -0.2) is 0 Å². The molecular formula is C15H34N2. The van der Waals surface area contributed by atoms with Gasteiger partial charge in [0.15, 0.2) is 0 Å². The van der Waals surface area contributed by atoms with Crippen LogP contribution >= 0.6 is 0 Å². The Kier molecular flexibility index (Phi) is 7.34. The lowest BCUT2D eigenvalue weighted by Crippen LogP contribution is -2.33. The van der Waals surface area contributed by atoms with Gasteiger partial charge < -0.3 is 9.80 Å². The molecule has 0 unspecified atom stereocenters. The number of nitrogens with zero attached hydrogens (tertiary/aromatic N) is 2. The zero-order chi connectivity index (χ0) is 13.6. The third kappa shape index (κ3) is 7.77. The van der Waals surface area contributed by atoms with Crippen LogP contribution in [0, 0.1) is 5.41 Å². The summed E-state index contributed by atoms with van der Waals surface area (Å²) < 4.78 is 0. The average molecular weight is 242 g/mol. The van der Waals surface area contributed by atoms with Crippen molar-refractivity contribution >= 4 is 0 Å². The van der Waals surface area contributed by atoms with Gasteiger partial charge in [-0.15, -0.1) is 0 Å². The van der Waals surface area contributed by atoms with E-state index in [1.165, 1.54) is 25.9 Å². The second-order valence-corrected chi connectivity index (χ2v) is 6.81. The molecule has 0 N–H and O–H groups in total. The lowest BCUT2D eigenvalue weighted by Gasteiger charge is -2.31. The van der Waals surface area contributed by atoms with Crippen molar-refractivity contribution in [3.05, 3.63) is 0 Å². The van der Waals surface area contributed by atoms with E-state index in [0.29, 0.717) is 17.5 Å². The van der Waals surface area contributed by atoms with Crippen molar-refractivity contribution in [2.75, 3.05) is 27.2 Å². The zero-order valence-electron chi connectivity index (χ0n) is 13.4. The first-order chi connectivity index (χ1) is 7.65. The summed E-state index contributed by atoms with van der Waals surface area (Å²) in [5.41, 5.74) is 0.451. The summed E-state index contributed by atoms with van der Waals surface area (Å²) in [6, 6.07) is 1.31. The molecule has 0 fully saturated rings. The minimum atomic E-state index is 0.451. The smallest absolute Gasteiger partial charge is 0.00355 e. The Labute approximate surface area is 109 Å². The van der Waals surface area contributed by atoms with E-state index >= 15 is 0 Å². The van der Waals surface area contributed by atoms with Crippen LogP contribution in [-0.4, -0.2) is 49.1 Å². The highest BCUT2D eigenvalue weighted by molar-refractivity contribution is 4.73. The monoisotopic (exact) mass is 242 g/mol. The molecule has 0 aromatic carbocycles. The van der Waals surface area contributed by atoms with Crippen LogP contribution in [0.3, 0.4) is 0 Å². The maximum Gasteiger partial charge on any atom is 0.00355 e. The van der Waals surface area contributed by atoms with E-state index in [0.717, 1.165) is 0 Å². The summed E-state index contributed by atoms with van der Waals surface area (Å²) in [5, 5.41) is 0. The van der Waals surface area contributed by atoms with Gasteiger partial charge in [0, 0.05) is 12.1 Å². The second kappa shape index (κ2) is 7.38. The average Bonchev–Trinajstić information content (AvgIpc) is 2.22. The Morgan fingerprint density at radius 1 is 0.765 bits per heavy atom. The van der Waals surface area contributed by atoms with Crippen molar-refractivity contribution in [1.82, 2.24) is 9.80 Å². The van der Waals surface area contributed by atoms with E-state index in [-0.39, 0.29) is 0 Å². The van der Waals surface area contributed by atoms with E-state index in [4.69, 9.17) is 0 Å². The molecule has 0 amide bonds. The number of hydrogen-bond donors (Lipinski definition) is 0. The van der Waals surface area contributed by atoms with Gasteiger partial charge in [0.05, 0.1) is 0 Å². The van der Waals surface area contributed by atoms with Crippen LogP contribution in [0.2, 0.25) is 0 Å². The molecular weight excluding hydrogens is 208 g/mol. The molecule has 0 heterocycles. The first-order valence-corrected chi connectivity index (χ1v) is 7.06. The SMILES string of the molecule is CC(C)N(C)CCC(C)(C)CCN(C)C(C)C. The highest BCUT2D eigenvalue weighted by Gasteiger charge is 2.20. The summed E-state index contributed by atoms with van der Waals surface area (Å²) in [4.78, 5) is 4.88. The first kappa shape index (κ1) is 16.9. The van der Waals surface area contributed by atoms with Crippen molar-refractivity contribution in [3.63, 3.8) is 0 Å². The molecule has 104 valence electrons. The molecule has 0 radical (unpaired) electrons. The van der Waals surface area contributed by atoms with Crippen LogP contribution in [0.4, 0.5) is 0 Å². The molecule has 0 aliphatic rings. The van der Waals surface area contributed by atoms with Crippen molar-refractivity contribution in [2.45, 2.75) is 66.5 Å². The van der Waals surface area contributed by atoms with Gasteiger partial charge in [-0.2, -0.15) is 0 Å². The van der Waals surface area contributed by atoms with E-state index in [2.05, 4.69) is 65.4 Å². The minimum absolute atomic E-state index is 0.451. The minimum Gasteiger partial charge on any atom is -0.304 e. The Morgan fingerprint density at radius 3 is 1.29 bits per heavy atom. The lowest BCUT2D eigenvalue weighted by atomic mass is 9.85. The Bertz CT molecular complexity index is 177. The topological polar surface area (TPSA) is 6.48 Å². The van der Waals surface area contributed by atoms with Crippen LogP contribution in [0.25, 0.3) is 0 Å². The first-order valence-electron chi connectivity index (χ1n) is 7.06. The molecule has 0 bridgehead atoms. The van der Waals surface area contributed by atoms with Gasteiger partial charge in [-0.05, 0) is 73.1 Å². The summed E-state index contributed by atoms with van der Waals surface area (Å²) in [5.74, 6) is 0. The van der Waals surface area contributed by atoms with Gasteiger partial charge in [0.25, 0.3) is 0 Å². The molecule has 0 spiro atoms. The van der Waals surface area contributed by atoms with Crippen LogP contribution < -0.4 is 0 Å². The van der Waals surface area contributed by atoms with Gasteiger partial charge >= 0.3 is 0 Å². The predicted octanol–water partition coefficient (Wildman–Crippen LogP) is 3.47. The Morgan fingerprint density at radius 2 is 1.06 bits per heavy atom. The Balaban J connectivity index is 3.95. The molecule has 0 aliphatic heterocycles. The summed E-state index contributed by atoms with van der Waals surface area (Å²) in [6.07, 6.45) is 2.57. The largest absolute Gasteiger partial charge is 0.304 e. The molecule has 0 aliphatic carbocycles. The summed E-state index contributed by atoms with van der Waals surface area (Å²) in [7, 11) is 4.45.